The highest BCUT2D eigenvalue weighted by Crippen LogP contribution is 2.29. The second kappa shape index (κ2) is 4.67. The average Bonchev–Trinajstić information content (AvgIpc) is 2.38. The monoisotopic (exact) mass is 242 g/mol. The third-order valence-electron chi connectivity index (χ3n) is 2.57. The van der Waals surface area contributed by atoms with E-state index in [9.17, 15) is 14.9 Å². The number of primary amides is 1. The van der Waals surface area contributed by atoms with Crippen molar-refractivity contribution in [3.63, 3.8) is 0 Å². The molecule has 18 heavy (non-hydrogen) atoms. The van der Waals surface area contributed by atoms with Crippen molar-refractivity contribution in [1.29, 1.82) is 0 Å². The van der Waals surface area contributed by atoms with Gasteiger partial charge in [0.05, 0.1) is 4.92 Å². The van der Waals surface area contributed by atoms with E-state index in [-0.39, 0.29) is 11.3 Å². The first-order valence-electron chi connectivity index (χ1n) is 5.24. The van der Waals surface area contributed by atoms with Gasteiger partial charge in [-0.2, -0.15) is 0 Å². The van der Waals surface area contributed by atoms with Crippen molar-refractivity contribution >= 4 is 11.6 Å². The number of nitro benzene ring substituents is 1. The molecular weight excluding hydrogens is 232 g/mol. The first-order chi connectivity index (χ1) is 8.61. The third-order valence-corrected chi connectivity index (χ3v) is 2.57. The van der Waals surface area contributed by atoms with Crippen molar-refractivity contribution in [3.05, 3.63) is 64.2 Å². The van der Waals surface area contributed by atoms with Crippen LogP contribution < -0.4 is 5.73 Å². The largest absolute Gasteiger partial charge is 0.365 e. The van der Waals surface area contributed by atoms with Crippen LogP contribution in [-0.2, 0) is 0 Å². The number of nitro groups is 1. The van der Waals surface area contributed by atoms with Gasteiger partial charge in [0.25, 0.3) is 11.6 Å². The molecule has 0 heterocycles. The minimum atomic E-state index is -0.804. The predicted molar refractivity (Wildman–Crippen MR) is 67.1 cm³/mol. The lowest BCUT2D eigenvalue weighted by molar-refractivity contribution is -0.385. The normalized spacial score (nSPS) is 10.0. The molecule has 90 valence electrons. The second-order valence-corrected chi connectivity index (χ2v) is 3.69. The fourth-order valence-corrected chi connectivity index (χ4v) is 1.81. The molecule has 0 saturated heterocycles. The summed E-state index contributed by atoms with van der Waals surface area (Å²) in [5, 5.41) is 10.9. The molecule has 0 spiro atoms. The van der Waals surface area contributed by atoms with Crippen LogP contribution in [0.25, 0.3) is 11.1 Å². The lowest BCUT2D eigenvalue weighted by atomic mass is 9.98. The molecule has 0 fully saturated rings. The molecule has 0 aliphatic rings. The smallest absolute Gasteiger partial charge is 0.282 e. The van der Waals surface area contributed by atoms with Crippen molar-refractivity contribution in [2.45, 2.75) is 0 Å². The van der Waals surface area contributed by atoms with E-state index < -0.39 is 10.8 Å². The number of carbonyl (C=O) groups is 1. The SMILES string of the molecule is NC(=O)c1c(-c2ccccc2)cccc1[N+](=O)[O-]. The number of hydrogen-bond donors (Lipinski definition) is 1. The molecule has 5 heteroatoms. The Morgan fingerprint density at radius 1 is 1.06 bits per heavy atom. The van der Waals surface area contributed by atoms with Gasteiger partial charge in [-0.1, -0.05) is 42.5 Å². The zero-order valence-electron chi connectivity index (χ0n) is 9.37. The van der Waals surface area contributed by atoms with Crippen molar-refractivity contribution in [1.82, 2.24) is 0 Å². The predicted octanol–water partition coefficient (Wildman–Crippen LogP) is 2.36. The van der Waals surface area contributed by atoms with Gasteiger partial charge in [0.15, 0.2) is 0 Å². The summed E-state index contributed by atoms with van der Waals surface area (Å²) in [6.07, 6.45) is 0. The van der Waals surface area contributed by atoms with Crippen LogP contribution in [0.4, 0.5) is 5.69 Å². The van der Waals surface area contributed by atoms with E-state index in [4.69, 9.17) is 5.73 Å². The maximum absolute atomic E-state index is 11.4. The Balaban J connectivity index is 2.72. The molecule has 5 nitrogen and oxygen atoms in total. The number of nitrogens with zero attached hydrogens (tertiary/aromatic N) is 1. The molecule has 0 aliphatic heterocycles. The lowest BCUT2D eigenvalue weighted by Gasteiger charge is -2.07. The van der Waals surface area contributed by atoms with Gasteiger partial charge in [0, 0.05) is 11.6 Å². The number of carbonyl (C=O) groups excluding carboxylic acids is 1. The summed E-state index contributed by atoms with van der Waals surface area (Å²) in [6.45, 7) is 0. The summed E-state index contributed by atoms with van der Waals surface area (Å²) in [7, 11) is 0. The van der Waals surface area contributed by atoms with E-state index in [1.54, 1.807) is 30.3 Å². The fourth-order valence-electron chi connectivity index (χ4n) is 1.81. The van der Waals surface area contributed by atoms with Crippen LogP contribution in [-0.4, -0.2) is 10.8 Å². The summed E-state index contributed by atoms with van der Waals surface area (Å²) in [4.78, 5) is 21.7. The zero-order chi connectivity index (χ0) is 13.1. The standard InChI is InChI=1S/C13H10N2O3/c14-13(16)12-10(9-5-2-1-3-6-9)7-4-8-11(12)15(17)18/h1-8H,(H2,14,16). The van der Waals surface area contributed by atoms with Gasteiger partial charge in [0.2, 0.25) is 0 Å². The van der Waals surface area contributed by atoms with E-state index >= 15 is 0 Å². The van der Waals surface area contributed by atoms with Crippen molar-refractivity contribution in [3.8, 4) is 11.1 Å². The number of amides is 1. The molecule has 2 rings (SSSR count). The molecule has 0 unspecified atom stereocenters. The van der Waals surface area contributed by atoms with Crippen LogP contribution in [0.1, 0.15) is 10.4 Å². The Bertz CT molecular complexity index is 609. The van der Waals surface area contributed by atoms with Crippen molar-refractivity contribution in [2.24, 2.45) is 5.73 Å². The van der Waals surface area contributed by atoms with E-state index in [1.165, 1.54) is 12.1 Å². The van der Waals surface area contributed by atoms with Crippen LogP contribution in [0.2, 0.25) is 0 Å². The topological polar surface area (TPSA) is 86.2 Å². The lowest BCUT2D eigenvalue weighted by Crippen LogP contribution is -2.14. The number of nitrogens with two attached hydrogens (primary N) is 1. The summed E-state index contributed by atoms with van der Waals surface area (Å²) in [5.74, 6) is -0.804. The van der Waals surface area contributed by atoms with Gasteiger partial charge >= 0.3 is 0 Å². The fraction of sp³-hybridized carbons (Fsp3) is 0. The summed E-state index contributed by atoms with van der Waals surface area (Å²) < 4.78 is 0. The van der Waals surface area contributed by atoms with E-state index in [0.29, 0.717) is 5.56 Å². The van der Waals surface area contributed by atoms with Crippen LogP contribution in [0, 0.1) is 10.1 Å². The molecule has 0 saturated carbocycles. The molecule has 2 aromatic rings. The molecule has 0 atom stereocenters. The average molecular weight is 242 g/mol. The molecule has 0 radical (unpaired) electrons. The van der Waals surface area contributed by atoms with Gasteiger partial charge in [-0.15, -0.1) is 0 Å². The highest BCUT2D eigenvalue weighted by atomic mass is 16.6. The van der Waals surface area contributed by atoms with Gasteiger partial charge < -0.3 is 5.73 Å². The Kier molecular flexibility index (Phi) is 3.05. The maximum Gasteiger partial charge on any atom is 0.282 e. The van der Waals surface area contributed by atoms with Crippen LogP contribution in [0.15, 0.2) is 48.5 Å². The van der Waals surface area contributed by atoms with Crippen molar-refractivity contribution < 1.29 is 9.72 Å². The van der Waals surface area contributed by atoms with Gasteiger partial charge in [-0.25, -0.2) is 0 Å². The molecule has 2 aromatic carbocycles. The van der Waals surface area contributed by atoms with Crippen LogP contribution in [0.5, 0.6) is 0 Å². The van der Waals surface area contributed by atoms with Crippen molar-refractivity contribution in [2.75, 3.05) is 0 Å². The van der Waals surface area contributed by atoms with Crippen LogP contribution >= 0.6 is 0 Å². The quantitative estimate of drug-likeness (QED) is 0.662. The molecular formula is C13H10N2O3. The molecule has 0 bridgehead atoms. The maximum atomic E-state index is 11.4. The first-order valence-corrected chi connectivity index (χ1v) is 5.24. The Hall–Kier alpha value is -2.69. The van der Waals surface area contributed by atoms with E-state index in [2.05, 4.69) is 0 Å². The summed E-state index contributed by atoms with van der Waals surface area (Å²) in [6, 6.07) is 13.4. The van der Waals surface area contributed by atoms with Gasteiger partial charge in [-0.3, -0.25) is 14.9 Å². The first kappa shape index (κ1) is 11.8. The highest BCUT2D eigenvalue weighted by molar-refractivity contribution is 6.03. The minimum absolute atomic E-state index is 0.0614. The number of hydrogen-bond acceptors (Lipinski definition) is 3. The molecule has 0 aromatic heterocycles. The van der Waals surface area contributed by atoms with E-state index in [0.717, 1.165) is 5.56 Å². The minimum Gasteiger partial charge on any atom is -0.365 e. The molecule has 2 N–H and O–H groups in total. The Labute approximate surface area is 103 Å². The molecule has 0 aliphatic carbocycles. The molecule has 1 amide bonds. The van der Waals surface area contributed by atoms with E-state index in [1.807, 2.05) is 6.07 Å². The number of benzene rings is 2. The third kappa shape index (κ3) is 2.06. The summed E-state index contributed by atoms with van der Waals surface area (Å²) >= 11 is 0. The van der Waals surface area contributed by atoms with Gasteiger partial charge in [-0.05, 0) is 5.56 Å². The highest BCUT2D eigenvalue weighted by Gasteiger charge is 2.22. The summed E-state index contributed by atoms with van der Waals surface area (Å²) in [5.41, 5.74) is 6.10. The van der Waals surface area contributed by atoms with Gasteiger partial charge in [0.1, 0.15) is 5.56 Å². The second-order valence-electron chi connectivity index (χ2n) is 3.69. The number of rotatable bonds is 3. The van der Waals surface area contributed by atoms with Crippen LogP contribution in [0.3, 0.4) is 0 Å². The zero-order valence-corrected chi connectivity index (χ0v) is 9.37. The Morgan fingerprint density at radius 2 is 1.72 bits per heavy atom. The Morgan fingerprint density at radius 3 is 2.28 bits per heavy atom.